The van der Waals surface area contributed by atoms with Crippen LogP contribution in [0.1, 0.15) is 18.7 Å². The van der Waals surface area contributed by atoms with Gasteiger partial charge in [-0.3, -0.25) is 0 Å². The van der Waals surface area contributed by atoms with Gasteiger partial charge in [0, 0.05) is 21.9 Å². The largest absolute Gasteiger partial charge is 0.456 e. The van der Waals surface area contributed by atoms with E-state index in [9.17, 15) is 0 Å². The lowest BCUT2D eigenvalue weighted by molar-refractivity contribution is 0.669. The van der Waals surface area contributed by atoms with E-state index >= 15 is 0 Å². The third kappa shape index (κ3) is 3.83. The van der Waals surface area contributed by atoms with E-state index in [-0.39, 0.29) is 0 Å². The van der Waals surface area contributed by atoms with E-state index < -0.39 is 0 Å². The smallest absolute Gasteiger partial charge is 0.164 e. The second-order valence-electron chi connectivity index (χ2n) is 9.15. The number of furan rings is 1. The Balaban J connectivity index is 1.48. The van der Waals surface area contributed by atoms with Crippen molar-refractivity contribution in [3.63, 3.8) is 0 Å². The van der Waals surface area contributed by atoms with E-state index in [4.69, 9.17) is 19.4 Å². The zero-order valence-corrected chi connectivity index (χ0v) is 20.1. The van der Waals surface area contributed by atoms with E-state index in [0.717, 1.165) is 68.4 Å². The van der Waals surface area contributed by atoms with Crippen molar-refractivity contribution in [1.29, 1.82) is 0 Å². The Bertz CT molecular complexity index is 1830. The molecule has 0 saturated heterocycles. The van der Waals surface area contributed by atoms with Crippen LogP contribution in [-0.2, 0) is 0 Å². The number of benzene rings is 4. The SMILES string of the molecule is C1=CCCC(c2nc(-c3ccccc3)nc(-c3ccccc3-c3cccc4oc5ccccc5c34)n2)=C1. The number of para-hydroxylation sites is 1. The molecule has 0 fully saturated rings. The van der Waals surface area contributed by atoms with Gasteiger partial charge in [-0.05, 0) is 41.7 Å². The summed E-state index contributed by atoms with van der Waals surface area (Å²) in [7, 11) is 0. The molecule has 4 nitrogen and oxygen atoms in total. The normalized spacial score (nSPS) is 13.2. The molecular weight excluding hydrogens is 454 g/mol. The molecule has 37 heavy (non-hydrogen) atoms. The fourth-order valence-corrected chi connectivity index (χ4v) is 5.06. The van der Waals surface area contributed by atoms with Gasteiger partial charge in [-0.2, -0.15) is 0 Å². The van der Waals surface area contributed by atoms with Crippen LogP contribution in [0.15, 0.2) is 120 Å². The van der Waals surface area contributed by atoms with Crippen molar-refractivity contribution in [2.24, 2.45) is 0 Å². The number of hydrogen-bond donors (Lipinski definition) is 0. The molecule has 2 heterocycles. The summed E-state index contributed by atoms with van der Waals surface area (Å²) in [5.41, 5.74) is 6.98. The van der Waals surface area contributed by atoms with Crippen LogP contribution < -0.4 is 0 Å². The summed E-state index contributed by atoms with van der Waals surface area (Å²) in [5.74, 6) is 2.08. The molecule has 0 spiro atoms. The number of nitrogens with zero attached hydrogens (tertiary/aromatic N) is 3. The summed E-state index contributed by atoms with van der Waals surface area (Å²) < 4.78 is 6.18. The quantitative estimate of drug-likeness (QED) is 0.255. The Hall–Kier alpha value is -4.83. The van der Waals surface area contributed by atoms with Gasteiger partial charge in [0.15, 0.2) is 17.5 Å². The van der Waals surface area contributed by atoms with Crippen molar-refractivity contribution < 1.29 is 4.42 Å². The molecule has 0 bridgehead atoms. The van der Waals surface area contributed by atoms with Crippen molar-refractivity contribution in [2.45, 2.75) is 12.8 Å². The number of rotatable bonds is 4. The monoisotopic (exact) mass is 477 g/mol. The first-order valence-corrected chi connectivity index (χ1v) is 12.5. The van der Waals surface area contributed by atoms with Gasteiger partial charge in [0.1, 0.15) is 11.2 Å². The van der Waals surface area contributed by atoms with E-state index in [2.05, 4.69) is 54.6 Å². The maximum absolute atomic E-state index is 6.18. The number of allylic oxidation sites excluding steroid dienone is 4. The molecule has 4 heteroatoms. The highest BCUT2D eigenvalue weighted by Gasteiger charge is 2.19. The number of aromatic nitrogens is 3. The summed E-state index contributed by atoms with van der Waals surface area (Å²) in [5, 5.41) is 2.20. The maximum atomic E-state index is 6.18. The molecule has 0 radical (unpaired) electrons. The van der Waals surface area contributed by atoms with Crippen LogP contribution >= 0.6 is 0 Å². The molecule has 6 aromatic rings. The summed E-state index contributed by atoms with van der Waals surface area (Å²) in [6.45, 7) is 0. The van der Waals surface area contributed by atoms with Crippen molar-refractivity contribution in [3.8, 4) is 33.9 Å². The van der Waals surface area contributed by atoms with Crippen LogP contribution in [0.4, 0.5) is 0 Å². The summed E-state index contributed by atoms with van der Waals surface area (Å²) in [6.07, 6.45) is 8.27. The van der Waals surface area contributed by atoms with E-state index in [0.29, 0.717) is 11.6 Å². The molecule has 1 aliphatic carbocycles. The zero-order valence-electron chi connectivity index (χ0n) is 20.1. The molecule has 0 aliphatic heterocycles. The number of hydrogen-bond acceptors (Lipinski definition) is 4. The molecule has 7 rings (SSSR count). The molecule has 0 N–H and O–H groups in total. The average Bonchev–Trinajstić information content (AvgIpc) is 3.37. The predicted octanol–water partition coefficient (Wildman–Crippen LogP) is 8.51. The molecule has 1 aliphatic rings. The van der Waals surface area contributed by atoms with Gasteiger partial charge in [0.05, 0.1) is 0 Å². The van der Waals surface area contributed by atoms with Crippen molar-refractivity contribution in [3.05, 3.63) is 121 Å². The molecule has 0 saturated carbocycles. The molecule has 0 atom stereocenters. The van der Waals surface area contributed by atoms with Crippen LogP contribution in [0.5, 0.6) is 0 Å². The standard InChI is InChI=1S/C33H23N3O/c1-3-12-22(13-4-1)31-34-32(23-14-5-2-6-15-23)36-33(35-31)26-17-8-7-16-24(26)25-19-11-21-29-30(25)27-18-9-10-20-28(27)37-29/h1-5,7-14,16-21H,6,15H2. The summed E-state index contributed by atoms with van der Waals surface area (Å²) >= 11 is 0. The second kappa shape index (κ2) is 8.99. The molecule has 0 unspecified atom stereocenters. The Morgan fingerprint density at radius 2 is 1.27 bits per heavy atom. The van der Waals surface area contributed by atoms with E-state index in [1.54, 1.807) is 0 Å². The van der Waals surface area contributed by atoms with Gasteiger partial charge in [-0.1, -0.05) is 103 Å². The van der Waals surface area contributed by atoms with Gasteiger partial charge in [0.2, 0.25) is 0 Å². The van der Waals surface area contributed by atoms with E-state index in [1.165, 1.54) is 0 Å². The average molecular weight is 478 g/mol. The maximum Gasteiger partial charge on any atom is 0.164 e. The molecular formula is C33H23N3O. The first-order chi connectivity index (χ1) is 18.3. The Morgan fingerprint density at radius 3 is 2.14 bits per heavy atom. The van der Waals surface area contributed by atoms with Crippen LogP contribution in [0.2, 0.25) is 0 Å². The lowest BCUT2D eigenvalue weighted by Gasteiger charge is -2.14. The van der Waals surface area contributed by atoms with E-state index in [1.807, 2.05) is 60.7 Å². The van der Waals surface area contributed by atoms with Crippen LogP contribution in [0.3, 0.4) is 0 Å². The van der Waals surface area contributed by atoms with Crippen LogP contribution in [0.25, 0.3) is 61.4 Å². The third-order valence-corrected chi connectivity index (χ3v) is 6.83. The zero-order chi connectivity index (χ0) is 24.6. The highest BCUT2D eigenvalue weighted by Crippen LogP contribution is 2.40. The molecule has 176 valence electrons. The summed E-state index contributed by atoms with van der Waals surface area (Å²) in [6, 6.07) is 32.9. The van der Waals surface area contributed by atoms with Crippen molar-refractivity contribution in [2.75, 3.05) is 0 Å². The minimum absolute atomic E-state index is 0.666. The Morgan fingerprint density at radius 1 is 0.568 bits per heavy atom. The highest BCUT2D eigenvalue weighted by molar-refractivity contribution is 6.13. The summed E-state index contributed by atoms with van der Waals surface area (Å²) in [4.78, 5) is 14.9. The Labute approximate surface area is 214 Å². The van der Waals surface area contributed by atoms with Gasteiger partial charge < -0.3 is 4.42 Å². The predicted molar refractivity (Wildman–Crippen MR) is 150 cm³/mol. The lowest BCUT2D eigenvalue weighted by atomic mass is 9.95. The number of fused-ring (bicyclic) bond motifs is 3. The van der Waals surface area contributed by atoms with Gasteiger partial charge >= 0.3 is 0 Å². The highest BCUT2D eigenvalue weighted by atomic mass is 16.3. The topological polar surface area (TPSA) is 51.8 Å². The lowest BCUT2D eigenvalue weighted by Crippen LogP contribution is -2.04. The van der Waals surface area contributed by atoms with Crippen LogP contribution in [0, 0.1) is 0 Å². The molecule has 0 amide bonds. The Kier molecular flexibility index (Phi) is 5.21. The molecule has 4 aromatic carbocycles. The first-order valence-electron chi connectivity index (χ1n) is 12.5. The second-order valence-corrected chi connectivity index (χ2v) is 9.15. The van der Waals surface area contributed by atoms with Crippen molar-refractivity contribution >= 4 is 27.5 Å². The fraction of sp³-hybridized carbons (Fsp3) is 0.0606. The minimum atomic E-state index is 0.666. The fourth-order valence-electron chi connectivity index (χ4n) is 5.06. The first kappa shape index (κ1) is 21.5. The minimum Gasteiger partial charge on any atom is -0.456 e. The van der Waals surface area contributed by atoms with Crippen LogP contribution in [-0.4, -0.2) is 15.0 Å². The van der Waals surface area contributed by atoms with Gasteiger partial charge in [-0.25, -0.2) is 15.0 Å². The molecule has 2 aromatic heterocycles. The third-order valence-electron chi connectivity index (χ3n) is 6.83. The van der Waals surface area contributed by atoms with Gasteiger partial charge in [-0.15, -0.1) is 0 Å². The van der Waals surface area contributed by atoms with Gasteiger partial charge in [0.25, 0.3) is 0 Å². The van der Waals surface area contributed by atoms with Crippen molar-refractivity contribution in [1.82, 2.24) is 15.0 Å².